The Kier molecular flexibility index (Phi) is 5.04. The number of benzene rings is 1. The predicted molar refractivity (Wildman–Crippen MR) is 103 cm³/mol. The van der Waals surface area contributed by atoms with E-state index in [1.54, 1.807) is 35.2 Å². The fraction of sp³-hybridized carbons (Fsp3) is 0.316. The van der Waals surface area contributed by atoms with Gasteiger partial charge in [-0.05, 0) is 49.9 Å². The van der Waals surface area contributed by atoms with Gasteiger partial charge in [-0.25, -0.2) is 9.97 Å². The van der Waals surface area contributed by atoms with E-state index < -0.39 is 0 Å². The van der Waals surface area contributed by atoms with E-state index in [2.05, 4.69) is 15.3 Å². The molecule has 1 aromatic carbocycles. The summed E-state index contributed by atoms with van der Waals surface area (Å²) in [5, 5.41) is 3.74. The van der Waals surface area contributed by atoms with Crippen molar-refractivity contribution in [3.63, 3.8) is 0 Å². The van der Waals surface area contributed by atoms with Gasteiger partial charge in [-0.1, -0.05) is 11.6 Å². The van der Waals surface area contributed by atoms with Gasteiger partial charge >= 0.3 is 0 Å². The molecule has 0 bridgehead atoms. The summed E-state index contributed by atoms with van der Waals surface area (Å²) in [6.07, 6.45) is 5.29. The molecule has 2 heterocycles. The van der Waals surface area contributed by atoms with Crippen LogP contribution in [-0.4, -0.2) is 28.0 Å². The van der Waals surface area contributed by atoms with E-state index in [4.69, 9.17) is 16.3 Å². The van der Waals surface area contributed by atoms with Crippen LogP contribution in [-0.2, 0) is 0 Å². The summed E-state index contributed by atoms with van der Waals surface area (Å²) in [5.41, 5.74) is 3.41. The smallest absolute Gasteiger partial charge is 0.251 e. The lowest BCUT2D eigenvalue weighted by atomic mass is 9.92. The summed E-state index contributed by atoms with van der Waals surface area (Å²) >= 11 is 7.38. The van der Waals surface area contributed by atoms with Gasteiger partial charge in [0, 0.05) is 23.9 Å². The number of fused-ring (bicyclic) bond motifs is 1. The van der Waals surface area contributed by atoms with Crippen molar-refractivity contribution < 1.29 is 9.53 Å². The molecule has 1 aliphatic carbocycles. The number of nitrogens with zero attached hydrogens (tertiary/aromatic N) is 2. The van der Waals surface area contributed by atoms with E-state index in [1.165, 1.54) is 0 Å². The van der Waals surface area contributed by atoms with Gasteiger partial charge in [0.25, 0.3) is 5.91 Å². The van der Waals surface area contributed by atoms with Gasteiger partial charge in [0.2, 0.25) is 5.88 Å². The topological polar surface area (TPSA) is 64.1 Å². The molecule has 1 N–H and O–H groups in total. The third-order valence-electron chi connectivity index (χ3n) is 4.59. The van der Waals surface area contributed by atoms with Crippen molar-refractivity contribution in [2.24, 2.45) is 0 Å². The monoisotopic (exact) mass is 387 g/mol. The summed E-state index contributed by atoms with van der Waals surface area (Å²) < 4.78 is 6.93. The molecule has 3 aromatic rings. The second kappa shape index (κ2) is 7.60. The molecule has 7 heteroatoms. The van der Waals surface area contributed by atoms with Gasteiger partial charge in [0.1, 0.15) is 6.10 Å². The van der Waals surface area contributed by atoms with Crippen LogP contribution < -0.4 is 10.1 Å². The average Bonchev–Trinajstić information content (AvgIpc) is 3.13. The molecule has 1 aliphatic rings. The summed E-state index contributed by atoms with van der Waals surface area (Å²) in [7, 11) is 0. The zero-order valence-corrected chi connectivity index (χ0v) is 15.6. The summed E-state index contributed by atoms with van der Waals surface area (Å²) in [4.78, 5) is 20.9. The number of rotatable bonds is 4. The van der Waals surface area contributed by atoms with Crippen LogP contribution >= 0.6 is 22.9 Å². The maximum Gasteiger partial charge on any atom is 0.251 e. The van der Waals surface area contributed by atoms with E-state index >= 15 is 0 Å². The second-order valence-electron chi connectivity index (χ2n) is 6.41. The van der Waals surface area contributed by atoms with Crippen LogP contribution in [0.2, 0.25) is 5.02 Å². The van der Waals surface area contributed by atoms with Crippen LogP contribution in [0.3, 0.4) is 0 Å². The number of hydrogen-bond acceptors (Lipinski definition) is 5. The molecular formula is C19H18ClN3O2S. The van der Waals surface area contributed by atoms with Crippen LogP contribution in [0.1, 0.15) is 36.0 Å². The minimum absolute atomic E-state index is 0.0240. The van der Waals surface area contributed by atoms with Gasteiger partial charge in [0.05, 0.1) is 20.7 Å². The number of carbonyl (C=O) groups is 1. The molecule has 0 atom stereocenters. The Morgan fingerprint density at radius 3 is 2.77 bits per heavy atom. The quantitative estimate of drug-likeness (QED) is 0.717. The van der Waals surface area contributed by atoms with Crippen molar-refractivity contribution in [1.29, 1.82) is 0 Å². The van der Waals surface area contributed by atoms with Crippen LogP contribution in [0.25, 0.3) is 10.2 Å². The third kappa shape index (κ3) is 3.97. The number of pyridine rings is 1. The number of nitrogens with one attached hydrogen (secondary N) is 1. The number of ether oxygens (including phenoxy) is 1. The molecular weight excluding hydrogens is 370 g/mol. The zero-order chi connectivity index (χ0) is 17.9. The largest absolute Gasteiger partial charge is 0.474 e. The average molecular weight is 388 g/mol. The molecule has 134 valence electrons. The van der Waals surface area contributed by atoms with Crippen molar-refractivity contribution >= 4 is 39.1 Å². The highest BCUT2D eigenvalue weighted by molar-refractivity contribution is 7.16. The molecule has 26 heavy (non-hydrogen) atoms. The van der Waals surface area contributed by atoms with Crippen LogP contribution in [0.15, 0.2) is 42.0 Å². The molecule has 1 saturated carbocycles. The molecule has 4 rings (SSSR count). The molecule has 1 fully saturated rings. The zero-order valence-electron chi connectivity index (χ0n) is 14.0. The number of aromatic nitrogens is 2. The second-order valence-corrected chi connectivity index (χ2v) is 7.74. The summed E-state index contributed by atoms with van der Waals surface area (Å²) in [6, 6.07) is 9.37. The van der Waals surface area contributed by atoms with E-state index in [9.17, 15) is 4.79 Å². The Bertz CT molecular complexity index is 905. The van der Waals surface area contributed by atoms with Crippen LogP contribution in [0.5, 0.6) is 5.88 Å². The number of halogens is 1. The Morgan fingerprint density at radius 1 is 1.15 bits per heavy atom. The molecule has 0 saturated heterocycles. The van der Waals surface area contributed by atoms with Crippen molar-refractivity contribution in [2.45, 2.75) is 37.8 Å². The third-order valence-corrected chi connectivity index (χ3v) is 5.61. The van der Waals surface area contributed by atoms with Gasteiger partial charge in [-0.15, -0.1) is 11.3 Å². The first-order valence-electron chi connectivity index (χ1n) is 8.60. The molecule has 0 unspecified atom stereocenters. The highest BCUT2D eigenvalue weighted by atomic mass is 35.5. The first-order valence-corrected chi connectivity index (χ1v) is 9.85. The van der Waals surface area contributed by atoms with E-state index in [-0.39, 0.29) is 18.1 Å². The Balaban J connectivity index is 1.30. The van der Waals surface area contributed by atoms with E-state index in [1.807, 2.05) is 18.2 Å². The van der Waals surface area contributed by atoms with Gasteiger partial charge in [-0.3, -0.25) is 4.79 Å². The molecule has 0 aliphatic heterocycles. The number of hydrogen-bond donors (Lipinski definition) is 1. The van der Waals surface area contributed by atoms with E-state index in [0.717, 1.165) is 35.9 Å². The maximum absolute atomic E-state index is 12.5. The Hall–Kier alpha value is -2.18. The highest BCUT2D eigenvalue weighted by Gasteiger charge is 2.24. The van der Waals surface area contributed by atoms with Crippen molar-refractivity contribution in [2.75, 3.05) is 0 Å². The van der Waals surface area contributed by atoms with Crippen LogP contribution in [0, 0.1) is 0 Å². The first-order chi connectivity index (χ1) is 12.7. The minimum atomic E-state index is -0.0240. The van der Waals surface area contributed by atoms with Gasteiger partial charge < -0.3 is 10.1 Å². The lowest BCUT2D eigenvalue weighted by molar-refractivity contribution is 0.0890. The van der Waals surface area contributed by atoms with Crippen molar-refractivity contribution in [3.8, 4) is 5.88 Å². The molecule has 0 spiro atoms. The maximum atomic E-state index is 12.5. The summed E-state index contributed by atoms with van der Waals surface area (Å²) in [6.45, 7) is 0. The molecule has 5 nitrogen and oxygen atoms in total. The van der Waals surface area contributed by atoms with Crippen molar-refractivity contribution in [3.05, 3.63) is 52.6 Å². The van der Waals surface area contributed by atoms with Gasteiger partial charge in [0.15, 0.2) is 0 Å². The number of carbonyl (C=O) groups excluding carboxylic acids is 1. The van der Waals surface area contributed by atoms with Crippen LogP contribution in [0.4, 0.5) is 0 Å². The number of amides is 1. The molecule has 2 aromatic heterocycles. The Labute approximate surface area is 160 Å². The normalized spacial score (nSPS) is 20.0. The van der Waals surface area contributed by atoms with Crippen molar-refractivity contribution in [1.82, 2.24) is 15.3 Å². The van der Waals surface area contributed by atoms with E-state index in [0.29, 0.717) is 16.5 Å². The lowest BCUT2D eigenvalue weighted by Crippen LogP contribution is -2.39. The highest BCUT2D eigenvalue weighted by Crippen LogP contribution is 2.24. The fourth-order valence-electron chi connectivity index (χ4n) is 3.19. The lowest BCUT2D eigenvalue weighted by Gasteiger charge is -2.29. The first kappa shape index (κ1) is 17.2. The SMILES string of the molecule is O=C(NC1CCC(Oc2ccc(Cl)cn2)CC1)c1ccc2ncsc2c1. The predicted octanol–water partition coefficient (Wildman–Crippen LogP) is 4.46. The van der Waals surface area contributed by atoms with Gasteiger partial charge in [-0.2, -0.15) is 0 Å². The summed E-state index contributed by atoms with van der Waals surface area (Å²) in [5.74, 6) is 0.573. The fourth-order valence-corrected chi connectivity index (χ4v) is 4.02. The standard InChI is InChI=1S/C19H18ClN3O2S/c20-13-2-8-18(21-10-13)25-15-5-3-14(4-6-15)23-19(24)12-1-7-16-17(9-12)26-11-22-16/h1-2,7-11,14-15H,3-6H2,(H,23,24). The molecule has 0 radical (unpaired) electrons. The minimum Gasteiger partial charge on any atom is -0.474 e. The number of thiazole rings is 1. The molecule has 1 amide bonds. The Morgan fingerprint density at radius 2 is 2.00 bits per heavy atom.